The van der Waals surface area contributed by atoms with Crippen LogP contribution in [0.1, 0.15) is 12.1 Å². The molecule has 1 rings (SSSR count). The molecule has 0 bridgehead atoms. The number of amidine groups is 1. The maximum absolute atomic E-state index is 10.5. The highest BCUT2D eigenvalue weighted by Gasteiger charge is 2.02. The van der Waals surface area contributed by atoms with Crippen LogP contribution in [0.3, 0.4) is 0 Å². The molecule has 0 aliphatic carbocycles. The fourth-order valence-electron chi connectivity index (χ4n) is 1.08. The molecule has 0 radical (unpaired) electrons. The van der Waals surface area contributed by atoms with Crippen LogP contribution in [0.4, 0.5) is 9.93 Å². The lowest BCUT2D eigenvalue weighted by atomic mass is 10.4. The number of hydrogen-bond acceptors (Lipinski definition) is 5. The van der Waals surface area contributed by atoms with Crippen LogP contribution in [0.15, 0.2) is 15.4 Å². The fourth-order valence-corrected chi connectivity index (χ4v) is 2.74. The van der Waals surface area contributed by atoms with Gasteiger partial charge in [0.2, 0.25) is 5.13 Å². The number of carbonyl (C=O) groups is 1. The molecule has 8 N–H and O–H groups in total. The number of guanidine groups is 1. The van der Waals surface area contributed by atoms with Crippen LogP contribution in [0.2, 0.25) is 0 Å². The lowest BCUT2D eigenvalue weighted by Crippen LogP contribution is -2.21. The van der Waals surface area contributed by atoms with Crippen molar-refractivity contribution < 1.29 is 4.79 Å². The highest BCUT2D eigenvalue weighted by molar-refractivity contribution is 7.98. The van der Waals surface area contributed by atoms with Crippen molar-refractivity contribution in [3.05, 3.63) is 11.1 Å². The van der Waals surface area contributed by atoms with E-state index >= 15 is 0 Å². The molecule has 0 aliphatic heterocycles. The Hall–Kier alpha value is -1.23. The molecule has 0 aliphatic rings. The molecule has 0 saturated carbocycles. The number of primary amides is 1. The number of urea groups is 1. The van der Waals surface area contributed by atoms with Crippen LogP contribution in [-0.2, 0) is 5.75 Å². The zero-order valence-electron chi connectivity index (χ0n) is 10.9. The second-order valence-electron chi connectivity index (χ2n) is 3.40. The molecule has 21 heavy (non-hydrogen) atoms. The van der Waals surface area contributed by atoms with Crippen molar-refractivity contribution in [3.63, 3.8) is 0 Å². The molecule has 8 nitrogen and oxygen atoms in total. The molecule has 1 aromatic rings. The molecule has 1 aromatic heterocycles. The van der Waals surface area contributed by atoms with E-state index in [1.165, 1.54) is 11.3 Å². The number of thioether (sulfide) groups is 1. The normalized spacial score (nSPS) is 10.2. The smallest absolute Gasteiger partial charge is 0.339 e. The van der Waals surface area contributed by atoms with Gasteiger partial charge in [0.25, 0.3) is 0 Å². The van der Waals surface area contributed by atoms with Crippen LogP contribution in [-0.4, -0.2) is 28.6 Å². The quantitative estimate of drug-likeness (QED) is 0.330. The zero-order valence-corrected chi connectivity index (χ0v) is 14.2. The maximum Gasteiger partial charge on any atom is 0.339 e. The van der Waals surface area contributed by atoms with Gasteiger partial charge in [0.05, 0.1) is 5.69 Å². The first-order valence-corrected chi connectivity index (χ1v) is 7.25. The largest absolute Gasteiger partial charge is 0.387 e. The monoisotopic (exact) mass is 373 g/mol. The average Bonchev–Trinajstić information content (AvgIpc) is 2.70. The van der Waals surface area contributed by atoms with Gasteiger partial charge in [-0.05, 0) is 0 Å². The van der Waals surface area contributed by atoms with E-state index in [2.05, 4.69) is 15.0 Å². The van der Waals surface area contributed by atoms with E-state index in [9.17, 15) is 4.79 Å². The molecule has 2 amide bonds. The summed E-state index contributed by atoms with van der Waals surface area (Å²) in [5, 5.41) is 2.42. The Morgan fingerprint density at radius 1 is 1.29 bits per heavy atom. The van der Waals surface area contributed by atoms with Gasteiger partial charge in [0.1, 0.15) is 5.84 Å². The number of rotatable bonds is 6. The zero-order chi connectivity index (χ0) is 14.3. The molecule has 0 atom stereocenters. The minimum atomic E-state index is -0.774. The Morgan fingerprint density at radius 3 is 2.52 bits per heavy atom. The van der Waals surface area contributed by atoms with E-state index in [0.717, 1.165) is 11.4 Å². The third kappa shape index (κ3) is 10.2. The van der Waals surface area contributed by atoms with Gasteiger partial charge in [-0.25, -0.2) is 9.78 Å². The number of hydrogen-bond donors (Lipinski definition) is 4. The number of amides is 2. The number of thiazole rings is 1. The van der Waals surface area contributed by atoms with Crippen molar-refractivity contribution in [2.24, 2.45) is 32.9 Å². The maximum atomic E-state index is 10.5. The summed E-state index contributed by atoms with van der Waals surface area (Å²) in [6, 6.07) is -0.774. The fraction of sp³-hybridized carbons (Fsp3) is 0.333. The Labute approximate surface area is 142 Å². The molecule has 1 heterocycles. The van der Waals surface area contributed by atoms with E-state index in [1.54, 1.807) is 11.8 Å². The van der Waals surface area contributed by atoms with Crippen LogP contribution in [0.25, 0.3) is 0 Å². The van der Waals surface area contributed by atoms with E-state index in [-0.39, 0.29) is 36.6 Å². The van der Waals surface area contributed by atoms with Crippen molar-refractivity contribution in [2.45, 2.75) is 12.2 Å². The number of halogens is 2. The Bertz CT molecular complexity index is 502. The minimum Gasteiger partial charge on any atom is -0.387 e. The van der Waals surface area contributed by atoms with E-state index < -0.39 is 6.03 Å². The van der Waals surface area contributed by atoms with Crippen molar-refractivity contribution in [1.29, 1.82) is 0 Å². The molecule has 0 spiro atoms. The Kier molecular flexibility index (Phi) is 12.0. The van der Waals surface area contributed by atoms with Gasteiger partial charge in [0, 0.05) is 23.3 Å². The standard InChI is InChI=1S/C9H15N7OS2.2ClH/c10-6(15-8(13)17)1-2-18-3-5-4-19-9(14-5)16-7(11)12;;/h4H,1-3H2,(H4,10,13,15,17)(H4,11,12,14,16);2*1H. The SMILES string of the molecule is Cl.Cl.NC(=O)/N=C(/N)CCSCc1csc(N=C(N)N)n1. The van der Waals surface area contributed by atoms with Crippen LogP contribution >= 0.6 is 47.9 Å². The van der Waals surface area contributed by atoms with Gasteiger partial charge < -0.3 is 22.9 Å². The summed E-state index contributed by atoms with van der Waals surface area (Å²) < 4.78 is 0. The molecular formula is C9H17Cl2N7OS2. The number of nitrogens with two attached hydrogens (primary N) is 4. The predicted molar refractivity (Wildman–Crippen MR) is 94.1 cm³/mol. The summed E-state index contributed by atoms with van der Waals surface area (Å²) in [4.78, 5) is 22.0. The second-order valence-corrected chi connectivity index (χ2v) is 5.34. The van der Waals surface area contributed by atoms with Gasteiger partial charge in [-0.3, -0.25) is 0 Å². The summed E-state index contributed by atoms with van der Waals surface area (Å²) in [5.41, 5.74) is 21.8. The lowest BCUT2D eigenvalue weighted by Gasteiger charge is -1.99. The van der Waals surface area contributed by atoms with E-state index in [4.69, 9.17) is 22.9 Å². The highest BCUT2D eigenvalue weighted by Crippen LogP contribution is 2.21. The van der Waals surface area contributed by atoms with Crippen molar-refractivity contribution in [1.82, 2.24) is 4.98 Å². The number of nitrogens with zero attached hydrogens (tertiary/aromatic N) is 3. The van der Waals surface area contributed by atoms with E-state index in [0.29, 0.717) is 17.3 Å². The summed E-state index contributed by atoms with van der Waals surface area (Å²) in [5.74, 6) is 1.65. The van der Waals surface area contributed by atoms with Gasteiger partial charge in [-0.1, -0.05) is 0 Å². The minimum absolute atomic E-state index is 0. The highest BCUT2D eigenvalue weighted by atomic mass is 35.5. The lowest BCUT2D eigenvalue weighted by molar-refractivity contribution is 0.256. The molecule has 12 heteroatoms. The van der Waals surface area contributed by atoms with Crippen LogP contribution in [0, 0.1) is 0 Å². The molecule has 0 aromatic carbocycles. The first-order valence-electron chi connectivity index (χ1n) is 5.21. The van der Waals surface area contributed by atoms with Gasteiger partial charge in [0.15, 0.2) is 5.96 Å². The predicted octanol–water partition coefficient (Wildman–Crippen LogP) is 0.951. The number of aromatic nitrogens is 1. The molecule has 0 saturated heterocycles. The van der Waals surface area contributed by atoms with Crippen molar-refractivity contribution in [3.8, 4) is 0 Å². The van der Waals surface area contributed by atoms with Gasteiger partial charge in [-0.2, -0.15) is 21.7 Å². The molecular weight excluding hydrogens is 357 g/mol. The van der Waals surface area contributed by atoms with Crippen molar-refractivity contribution in [2.75, 3.05) is 5.75 Å². The number of aliphatic imine (C=N–C) groups is 2. The summed E-state index contributed by atoms with van der Waals surface area (Å²) in [6.45, 7) is 0. The average molecular weight is 374 g/mol. The summed E-state index contributed by atoms with van der Waals surface area (Å²) in [6.07, 6.45) is 0.499. The summed E-state index contributed by atoms with van der Waals surface area (Å²) >= 11 is 2.98. The van der Waals surface area contributed by atoms with Crippen molar-refractivity contribution >= 4 is 70.9 Å². The first-order chi connectivity index (χ1) is 8.97. The Morgan fingerprint density at radius 2 is 1.95 bits per heavy atom. The molecule has 0 fully saturated rings. The molecule has 0 unspecified atom stereocenters. The second kappa shape index (κ2) is 11.4. The first kappa shape index (κ1) is 22.1. The van der Waals surface area contributed by atoms with Crippen LogP contribution in [0.5, 0.6) is 0 Å². The third-order valence-corrected chi connectivity index (χ3v) is 3.55. The Balaban J connectivity index is 0. The third-order valence-electron chi connectivity index (χ3n) is 1.77. The summed E-state index contributed by atoms with van der Waals surface area (Å²) in [7, 11) is 0. The number of carbonyl (C=O) groups excluding carboxylic acids is 1. The topological polar surface area (TPSA) is 159 Å². The van der Waals surface area contributed by atoms with Gasteiger partial charge in [-0.15, -0.1) is 36.2 Å². The van der Waals surface area contributed by atoms with Gasteiger partial charge >= 0.3 is 6.03 Å². The molecule has 120 valence electrons. The van der Waals surface area contributed by atoms with E-state index in [1.807, 2.05) is 5.38 Å². The van der Waals surface area contributed by atoms with Crippen LogP contribution < -0.4 is 22.9 Å².